The van der Waals surface area contributed by atoms with Crippen molar-refractivity contribution in [3.05, 3.63) is 12.2 Å². The van der Waals surface area contributed by atoms with E-state index in [9.17, 15) is 0 Å². The molecule has 1 saturated heterocycles. The third-order valence-electron chi connectivity index (χ3n) is 4.56. The van der Waals surface area contributed by atoms with Crippen LogP contribution in [0.25, 0.3) is 0 Å². The van der Waals surface area contributed by atoms with Gasteiger partial charge in [-0.15, -0.1) is 0 Å². The number of hydrogen-bond donors (Lipinski definition) is 0. The van der Waals surface area contributed by atoms with Crippen molar-refractivity contribution >= 4 is 0 Å². The number of nitrogens with zero attached hydrogens (tertiary/aromatic N) is 1. The Balaban J connectivity index is 2.11. The van der Waals surface area contributed by atoms with Crippen molar-refractivity contribution in [1.29, 1.82) is 0 Å². The summed E-state index contributed by atoms with van der Waals surface area (Å²) in [5, 5.41) is 0. The van der Waals surface area contributed by atoms with Gasteiger partial charge < -0.3 is 0 Å². The van der Waals surface area contributed by atoms with E-state index in [1.807, 2.05) is 0 Å². The summed E-state index contributed by atoms with van der Waals surface area (Å²) in [5.41, 5.74) is 0. The minimum atomic E-state index is 0.728. The molecule has 0 aromatic rings. The first-order valence-corrected chi connectivity index (χ1v) is 7.50. The molecule has 0 aromatic carbocycles. The zero-order valence-corrected chi connectivity index (χ0v) is 12.0. The first-order valence-electron chi connectivity index (χ1n) is 7.50. The number of hydrogen-bond acceptors (Lipinski definition) is 1. The SMILES string of the molecule is CC(C)CN1C2C=CCCC1CC(C(C)C)C2. The summed E-state index contributed by atoms with van der Waals surface area (Å²) in [5.74, 6) is 2.59. The van der Waals surface area contributed by atoms with Gasteiger partial charge in [0.15, 0.2) is 0 Å². The Kier molecular flexibility index (Phi) is 4.30. The Morgan fingerprint density at radius 2 is 1.94 bits per heavy atom. The molecule has 0 saturated carbocycles. The van der Waals surface area contributed by atoms with Crippen molar-refractivity contribution in [3.8, 4) is 0 Å². The van der Waals surface area contributed by atoms with Gasteiger partial charge in [-0.25, -0.2) is 0 Å². The van der Waals surface area contributed by atoms with Crippen LogP contribution in [0, 0.1) is 17.8 Å². The van der Waals surface area contributed by atoms with Gasteiger partial charge >= 0.3 is 0 Å². The van der Waals surface area contributed by atoms with Gasteiger partial charge in [0.2, 0.25) is 0 Å². The number of piperidine rings is 1. The topological polar surface area (TPSA) is 3.24 Å². The number of rotatable bonds is 3. The third-order valence-corrected chi connectivity index (χ3v) is 4.56. The van der Waals surface area contributed by atoms with Gasteiger partial charge in [-0.3, -0.25) is 4.90 Å². The molecule has 0 aromatic heterocycles. The summed E-state index contributed by atoms with van der Waals surface area (Å²) in [6.07, 6.45) is 10.4. The molecule has 0 N–H and O–H groups in total. The second-order valence-electron chi connectivity index (χ2n) is 6.79. The highest BCUT2D eigenvalue weighted by molar-refractivity contribution is 5.04. The average molecular weight is 235 g/mol. The monoisotopic (exact) mass is 235 g/mol. The van der Waals surface area contributed by atoms with Crippen LogP contribution in [0.1, 0.15) is 53.4 Å². The molecule has 3 unspecified atom stereocenters. The highest BCUT2D eigenvalue weighted by atomic mass is 15.2. The van der Waals surface area contributed by atoms with Crippen LogP contribution < -0.4 is 0 Å². The normalized spacial score (nSPS) is 34.4. The highest BCUT2D eigenvalue weighted by Crippen LogP contribution is 2.36. The van der Waals surface area contributed by atoms with E-state index in [0.717, 1.165) is 29.8 Å². The summed E-state index contributed by atoms with van der Waals surface area (Å²) >= 11 is 0. The molecule has 1 fully saturated rings. The standard InChI is InChI=1S/C16H29N/c1-12(2)11-17-15-7-5-6-8-16(17)10-14(9-15)13(3)4/h5,7,12-16H,6,8-11H2,1-4H3. The van der Waals surface area contributed by atoms with Crippen LogP contribution in [0.2, 0.25) is 0 Å². The maximum Gasteiger partial charge on any atom is 0.0283 e. The second kappa shape index (κ2) is 5.56. The summed E-state index contributed by atoms with van der Waals surface area (Å²) < 4.78 is 0. The lowest BCUT2D eigenvalue weighted by atomic mass is 9.79. The lowest BCUT2D eigenvalue weighted by Gasteiger charge is -2.45. The average Bonchev–Trinajstić information content (AvgIpc) is 2.37. The zero-order chi connectivity index (χ0) is 12.4. The minimum Gasteiger partial charge on any atom is -0.294 e. The summed E-state index contributed by atoms with van der Waals surface area (Å²) in [7, 11) is 0. The fraction of sp³-hybridized carbons (Fsp3) is 0.875. The third kappa shape index (κ3) is 3.13. The summed E-state index contributed by atoms with van der Waals surface area (Å²) in [6, 6.07) is 1.57. The number of allylic oxidation sites excluding steroid dienone is 1. The molecule has 2 bridgehead atoms. The Hall–Kier alpha value is -0.300. The first kappa shape index (κ1) is 13.1. The maximum atomic E-state index is 2.80. The van der Waals surface area contributed by atoms with E-state index >= 15 is 0 Å². The molecular formula is C16H29N. The van der Waals surface area contributed by atoms with Gasteiger partial charge in [0, 0.05) is 18.6 Å². The van der Waals surface area contributed by atoms with Crippen LogP contribution in [-0.2, 0) is 0 Å². The van der Waals surface area contributed by atoms with Crippen molar-refractivity contribution in [2.24, 2.45) is 17.8 Å². The fourth-order valence-corrected chi connectivity index (χ4v) is 3.56. The van der Waals surface area contributed by atoms with E-state index in [4.69, 9.17) is 0 Å². The van der Waals surface area contributed by atoms with Crippen molar-refractivity contribution in [3.63, 3.8) is 0 Å². The molecule has 2 aliphatic heterocycles. The molecule has 0 amide bonds. The molecule has 2 aliphatic rings. The van der Waals surface area contributed by atoms with E-state index < -0.39 is 0 Å². The molecule has 17 heavy (non-hydrogen) atoms. The first-order chi connectivity index (χ1) is 8.08. The van der Waals surface area contributed by atoms with Gasteiger partial charge in [0.25, 0.3) is 0 Å². The zero-order valence-electron chi connectivity index (χ0n) is 12.0. The van der Waals surface area contributed by atoms with Crippen LogP contribution in [0.5, 0.6) is 0 Å². The van der Waals surface area contributed by atoms with Crippen molar-refractivity contribution in [2.75, 3.05) is 6.54 Å². The lowest BCUT2D eigenvalue weighted by Crippen LogP contribution is -2.49. The van der Waals surface area contributed by atoms with Gasteiger partial charge in [0.1, 0.15) is 0 Å². The van der Waals surface area contributed by atoms with Crippen LogP contribution >= 0.6 is 0 Å². The van der Waals surface area contributed by atoms with Gasteiger partial charge in [-0.05, 0) is 43.4 Å². The molecular weight excluding hydrogens is 206 g/mol. The van der Waals surface area contributed by atoms with E-state index in [1.54, 1.807) is 0 Å². The molecule has 2 heterocycles. The maximum absolute atomic E-state index is 2.80. The van der Waals surface area contributed by atoms with Gasteiger partial charge in [-0.1, -0.05) is 39.8 Å². The second-order valence-corrected chi connectivity index (χ2v) is 6.79. The molecule has 2 rings (SSSR count). The Morgan fingerprint density at radius 3 is 2.59 bits per heavy atom. The smallest absolute Gasteiger partial charge is 0.0283 e. The predicted molar refractivity (Wildman–Crippen MR) is 75.1 cm³/mol. The Labute approximate surface area is 107 Å². The van der Waals surface area contributed by atoms with Crippen LogP contribution in [0.4, 0.5) is 0 Å². The lowest BCUT2D eigenvalue weighted by molar-refractivity contribution is 0.0485. The molecule has 98 valence electrons. The molecule has 1 heteroatoms. The summed E-state index contributed by atoms with van der Waals surface area (Å²) in [4.78, 5) is 2.80. The van der Waals surface area contributed by atoms with Gasteiger partial charge in [0.05, 0.1) is 0 Å². The van der Waals surface area contributed by atoms with Crippen molar-refractivity contribution < 1.29 is 0 Å². The quantitative estimate of drug-likeness (QED) is 0.666. The van der Waals surface area contributed by atoms with E-state index in [2.05, 4.69) is 44.7 Å². The Bertz CT molecular complexity index is 267. The van der Waals surface area contributed by atoms with Crippen LogP contribution in [0.15, 0.2) is 12.2 Å². The van der Waals surface area contributed by atoms with E-state index in [0.29, 0.717) is 0 Å². The van der Waals surface area contributed by atoms with E-state index in [-0.39, 0.29) is 0 Å². The van der Waals surface area contributed by atoms with Gasteiger partial charge in [-0.2, -0.15) is 0 Å². The Morgan fingerprint density at radius 1 is 1.18 bits per heavy atom. The molecule has 0 aliphatic carbocycles. The largest absolute Gasteiger partial charge is 0.294 e. The molecule has 0 spiro atoms. The van der Waals surface area contributed by atoms with Crippen molar-refractivity contribution in [1.82, 2.24) is 4.90 Å². The van der Waals surface area contributed by atoms with Crippen LogP contribution in [-0.4, -0.2) is 23.5 Å². The minimum absolute atomic E-state index is 0.728. The van der Waals surface area contributed by atoms with Crippen molar-refractivity contribution in [2.45, 2.75) is 65.5 Å². The molecule has 0 radical (unpaired) electrons. The molecule has 1 nitrogen and oxygen atoms in total. The molecule has 3 atom stereocenters. The van der Waals surface area contributed by atoms with Crippen LogP contribution in [0.3, 0.4) is 0 Å². The highest BCUT2D eigenvalue weighted by Gasteiger charge is 2.36. The fourth-order valence-electron chi connectivity index (χ4n) is 3.56. The number of fused-ring (bicyclic) bond motifs is 2. The predicted octanol–water partition coefficient (Wildman–Crippen LogP) is 4.10. The van der Waals surface area contributed by atoms with E-state index in [1.165, 1.54) is 32.2 Å². The summed E-state index contributed by atoms with van der Waals surface area (Å²) in [6.45, 7) is 10.8.